The Morgan fingerprint density at radius 3 is 2.50 bits per heavy atom. The molecule has 0 bridgehead atoms. The van der Waals surface area contributed by atoms with E-state index in [2.05, 4.69) is 47.3 Å². The van der Waals surface area contributed by atoms with Crippen LogP contribution in [0.5, 0.6) is 0 Å². The highest BCUT2D eigenvalue weighted by Crippen LogP contribution is 2.26. The van der Waals surface area contributed by atoms with E-state index in [0.717, 1.165) is 38.3 Å². The second-order valence-corrected chi connectivity index (χ2v) is 14.6. The zero-order valence-corrected chi connectivity index (χ0v) is 18.6. The Kier molecular flexibility index (Phi) is 6.16. The maximum atomic E-state index is 10.6. The molecule has 138 valence electrons. The lowest BCUT2D eigenvalue weighted by atomic mass is 10.0. The van der Waals surface area contributed by atoms with Crippen molar-refractivity contribution in [3.63, 3.8) is 0 Å². The molecule has 0 amide bonds. The van der Waals surface area contributed by atoms with Gasteiger partial charge in [0.25, 0.3) is 0 Å². The molecule has 1 aromatic heterocycles. The van der Waals surface area contributed by atoms with Crippen LogP contribution in [0.3, 0.4) is 0 Å². The maximum absolute atomic E-state index is 10.6. The molecule has 0 aliphatic heterocycles. The molecule has 1 unspecified atom stereocenters. The van der Waals surface area contributed by atoms with Crippen molar-refractivity contribution in [3.8, 4) is 0 Å². The van der Waals surface area contributed by atoms with E-state index >= 15 is 0 Å². The van der Waals surface area contributed by atoms with Crippen LogP contribution in [0.25, 0.3) is 10.9 Å². The van der Waals surface area contributed by atoms with Gasteiger partial charge in [-0.1, -0.05) is 37.8 Å². The Balaban J connectivity index is 1.71. The van der Waals surface area contributed by atoms with Gasteiger partial charge in [0.1, 0.15) is 12.8 Å². The normalized spacial score (nSPS) is 13.3. The zero-order valence-electron chi connectivity index (χ0n) is 15.4. The largest absolute Gasteiger partial charge is 0.384 e. The summed E-state index contributed by atoms with van der Waals surface area (Å²) in [5.74, 6) is 0. The number of benzene rings is 2. The van der Waals surface area contributed by atoms with Crippen LogP contribution in [0.1, 0.15) is 17.2 Å². The van der Waals surface area contributed by atoms with Crippen molar-refractivity contribution in [3.05, 3.63) is 63.4 Å². The second-order valence-electron chi connectivity index (χ2n) is 7.76. The number of nitrogens with zero attached hydrogens (tertiary/aromatic N) is 2. The van der Waals surface area contributed by atoms with E-state index in [9.17, 15) is 5.11 Å². The lowest BCUT2D eigenvalue weighted by Crippen LogP contribution is -2.22. The number of rotatable bonds is 7. The first-order valence-electron chi connectivity index (χ1n) is 8.80. The molecule has 0 aliphatic carbocycles. The number of aromatic nitrogens is 2. The minimum Gasteiger partial charge on any atom is -0.384 e. The third-order valence-electron chi connectivity index (χ3n) is 4.38. The van der Waals surface area contributed by atoms with E-state index in [4.69, 9.17) is 4.74 Å². The van der Waals surface area contributed by atoms with Crippen LogP contribution in [0.2, 0.25) is 25.7 Å². The fraction of sp³-hybridized carbons (Fsp3) is 0.350. The SMILES string of the molecule is C[Si](C)(C)CCOCn1ncc2cc(C(O)c3ccc(I)cc3)ccc21. The van der Waals surface area contributed by atoms with Crippen molar-refractivity contribution < 1.29 is 9.84 Å². The van der Waals surface area contributed by atoms with Gasteiger partial charge in [0.2, 0.25) is 0 Å². The summed E-state index contributed by atoms with van der Waals surface area (Å²) in [6, 6.07) is 15.1. The minimum absolute atomic E-state index is 0.465. The van der Waals surface area contributed by atoms with Gasteiger partial charge in [0.15, 0.2) is 0 Å². The lowest BCUT2D eigenvalue weighted by Gasteiger charge is -2.15. The van der Waals surface area contributed by atoms with E-state index in [0.29, 0.717) is 6.73 Å². The molecule has 1 N–H and O–H groups in total. The standard InChI is InChI=1S/C20H25IN2O2Si/c1-26(2,3)11-10-25-14-23-19-9-6-16(12-17(19)13-22-23)20(24)15-4-7-18(21)8-5-15/h4-9,12-13,20,24H,10-11,14H2,1-3H3. The monoisotopic (exact) mass is 480 g/mol. The van der Waals surface area contributed by atoms with Crippen LogP contribution >= 0.6 is 22.6 Å². The summed E-state index contributed by atoms with van der Waals surface area (Å²) < 4.78 is 8.84. The van der Waals surface area contributed by atoms with Crippen LogP contribution < -0.4 is 0 Å². The van der Waals surface area contributed by atoms with E-state index in [1.807, 2.05) is 53.3 Å². The number of fused-ring (bicyclic) bond motifs is 1. The number of aliphatic hydroxyl groups is 1. The van der Waals surface area contributed by atoms with Crippen molar-refractivity contribution in [1.82, 2.24) is 9.78 Å². The van der Waals surface area contributed by atoms with Gasteiger partial charge in [-0.25, -0.2) is 4.68 Å². The third-order valence-corrected chi connectivity index (χ3v) is 6.80. The van der Waals surface area contributed by atoms with Crippen LogP contribution in [0.15, 0.2) is 48.7 Å². The number of hydrogen-bond donors (Lipinski definition) is 1. The molecule has 26 heavy (non-hydrogen) atoms. The molecule has 0 aliphatic rings. The summed E-state index contributed by atoms with van der Waals surface area (Å²) >= 11 is 2.26. The van der Waals surface area contributed by atoms with Crippen molar-refractivity contribution >= 4 is 41.6 Å². The molecule has 0 radical (unpaired) electrons. The highest BCUT2D eigenvalue weighted by molar-refractivity contribution is 14.1. The van der Waals surface area contributed by atoms with Gasteiger partial charge in [-0.2, -0.15) is 5.10 Å². The van der Waals surface area contributed by atoms with E-state index in [1.165, 1.54) is 0 Å². The highest BCUT2D eigenvalue weighted by atomic mass is 127. The minimum atomic E-state index is -1.07. The molecular formula is C20H25IN2O2Si. The Morgan fingerprint density at radius 2 is 1.81 bits per heavy atom. The molecule has 0 saturated heterocycles. The van der Waals surface area contributed by atoms with Gasteiger partial charge in [-0.05, 0) is 64.0 Å². The highest BCUT2D eigenvalue weighted by Gasteiger charge is 2.14. The molecule has 3 rings (SSSR count). The van der Waals surface area contributed by atoms with E-state index < -0.39 is 14.2 Å². The quantitative estimate of drug-likeness (QED) is 0.293. The zero-order chi connectivity index (χ0) is 18.7. The molecular weight excluding hydrogens is 455 g/mol. The molecule has 2 aromatic carbocycles. The van der Waals surface area contributed by atoms with Gasteiger partial charge in [0, 0.05) is 23.6 Å². The first-order valence-corrected chi connectivity index (χ1v) is 13.6. The van der Waals surface area contributed by atoms with E-state index in [1.54, 1.807) is 0 Å². The second kappa shape index (κ2) is 8.20. The van der Waals surface area contributed by atoms with Gasteiger partial charge < -0.3 is 9.84 Å². The van der Waals surface area contributed by atoms with Crippen LogP contribution in [0, 0.1) is 3.57 Å². The molecule has 3 aromatic rings. The van der Waals surface area contributed by atoms with Crippen molar-refractivity contribution in [2.45, 2.75) is 38.5 Å². The summed E-state index contributed by atoms with van der Waals surface area (Å²) in [5.41, 5.74) is 2.79. The van der Waals surface area contributed by atoms with Crippen LogP contribution in [-0.4, -0.2) is 29.6 Å². The molecule has 4 nitrogen and oxygen atoms in total. The summed E-state index contributed by atoms with van der Waals surface area (Å²) in [6.07, 6.45) is 1.20. The predicted octanol–water partition coefficient (Wildman–Crippen LogP) is 5.03. The lowest BCUT2D eigenvalue weighted by molar-refractivity contribution is 0.0817. The van der Waals surface area contributed by atoms with Gasteiger partial charge in [-0.15, -0.1) is 0 Å². The molecule has 0 fully saturated rings. The van der Waals surface area contributed by atoms with Gasteiger partial charge in [0.05, 0.1) is 11.7 Å². The fourth-order valence-electron chi connectivity index (χ4n) is 2.75. The molecule has 0 saturated carbocycles. The average Bonchev–Trinajstić information content (AvgIpc) is 3.00. The number of ether oxygens (including phenoxy) is 1. The molecule has 0 spiro atoms. The number of halogens is 1. The molecule has 1 heterocycles. The number of aliphatic hydroxyl groups excluding tert-OH is 1. The Morgan fingerprint density at radius 1 is 1.12 bits per heavy atom. The number of hydrogen-bond acceptors (Lipinski definition) is 3. The van der Waals surface area contributed by atoms with Crippen LogP contribution in [0.4, 0.5) is 0 Å². The molecule has 6 heteroatoms. The van der Waals surface area contributed by atoms with Crippen LogP contribution in [-0.2, 0) is 11.5 Å². The Bertz CT molecular complexity index is 872. The third kappa shape index (κ3) is 4.94. The summed E-state index contributed by atoms with van der Waals surface area (Å²) in [7, 11) is -1.07. The summed E-state index contributed by atoms with van der Waals surface area (Å²) in [4.78, 5) is 0. The molecule has 1 atom stereocenters. The maximum Gasteiger partial charge on any atom is 0.139 e. The van der Waals surface area contributed by atoms with Gasteiger partial charge in [-0.3, -0.25) is 0 Å². The fourth-order valence-corrected chi connectivity index (χ4v) is 3.86. The summed E-state index contributed by atoms with van der Waals surface area (Å²) in [5, 5.41) is 16.1. The van der Waals surface area contributed by atoms with Crippen molar-refractivity contribution in [1.29, 1.82) is 0 Å². The average molecular weight is 480 g/mol. The van der Waals surface area contributed by atoms with Crippen molar-refractivity contribution in [2.75, 3.05) is 6.61 Å². The topological polar surface area (TPSA) is 47.3 Å². The van der Waals surface area contributed by atoms with E-state index in [-0.39, 0.29) is 0 Å². The predicted molar refractivity (Wildman–Crippen MR) is 117 cm³/mol. The van der Waals surface area contributed by atoms with Crippen molar-refractivity contribution in [2.24, 2.45) is 0 Å². The smallest absolute Gasteiger partial charge is 0.139 e. The van der Waals surface area contributed by atoms with Gasteiger partial charge >= 0.3 is 0 Å². The first-order chi connectivity index (χ1) is 12.3. The first kappa shape index (κ1) is 19.5. The summed E-state index contributed by atoms with van der Waals surface area (Å²) in [6.45, 7) is 8.29. The Labute approximate surface area is 169 Å². The Hall–Kier alpha value is -1.22.